The highest BCUT2D eigenvalue weighted by molar-refractivity contribution is 7.09. The van der Waals surface area contributed by atoms with E-state index >= 15 is 0 Å². The average molecular weight is 546 g/mol. The summed E-state index contributed by atoms with van der Waals surface area (Å²) in [7, 11) is 0. The third kappa shape index (κ3) is 9.04. The van der Waals surface area contributed by atoms with Crippen molar-refractivity contribution in [3.8, 4) is 0 Å². The second-order valence-corrected chi connectivity index (χ2v) is 9.32. The van der Waals surface area contributed by atoms with Crippen LogP contribution in [0.4, 0.5) is 26.3 Å². The molecule has 3 N–H and O–H groups in total. The number of hydrogen-bond acceptors (Lipinski definition) is 7. The van der Waals surface area contributed by atoms with Crippen LogP contribution < -0.4 is 16.0 Å². The van der Waals surface area contributed by atoms with Crippen molar-refractivity contribution < 1.29 is 50.3 Å². The monoisotopic (exact) mass is 546 g/mol. The van der Waals surface area contributed by atoms with Crippen molar-refractivity contribution in [3.63, 3.8) is 0 Å². The van der Waals surface area contributed by atoms with Gasteiger partial charge in [0, 0.05) is 17.8 Å². The highest BCUT2D eigenvalue weighted by Crippen LogP contribution is 2.31. The highest BCUT2D eigenvalue weighted by Gasteiger charge is 2.37. The molecule has 202 valence electrons. The van der Waals surface area contributed by atoms with E-state index in [0.29, 0.717) is 0 Å². The summed E-state index contributed by atoms with van der Waals surface area (Å²) in [6.07, 6.45) is -9.91. The number of ether oxygens (including phenoxy) is 1. The number of alkyl halides is 6. The number of rotatable bonds is 11. The lowest BCUT2D eigenvalue weighted by Crippen LogP contribution is -2.53. The van der Waals surface area contributed by atoms with Crippen molar-refractivity contribution in [2.24, 2.45) is 11.8 Å². The summed E-state index contributed by atoms with van der Waals surface area (Å²) in [6.45, 7) is 2.24. The molecule has 0 aromatic carbocycles. The normalized spacial score (nSPS) is 18.0. The van der Waals surface area contributed by atoms with Crippen LogP contribution in [0.15, 0.2) is 5.38 Å². The Morgan fingerprint density at radius 2 is 1.83 bits per heavy atom. The van der Waals surface area contributed by atoms with Crippen molar-refractivity contribution in [1.82, 2.24) is 20.9 Å². The van der Waals surface area contributed by atoms with Gasteiger partial charge in [0.25, 0.3) is 5.91 Å². The topological polar surface area (TPSA) is 126 Å². The summed E-state index contributed by atoms with van der Waals surface area (Å²) < 4.78 is 79.2. The van der Waals surface area contributed by atoms with Gasteiger partial charge in [-0.2, -0.15) is 13.2 Å². The number of carbonyl (C=O) groups excluding carboxylic acids is 4. The highest BCUT2D eigenvalue weighted by atomic mass is 32.1. The lowest BCUT2D eigenvalue weighted by Gasteiger charge is -2.25. The van der Waals surface area contributed by atoms with E-state index in [9.17, 15) is 45.5 Å². The van der Waals surface area contributed by atoms with Gasteiger partial charge in [-0.25, -0.2) is 4.98 Å². The molecule has 1 fully saturated rings. The van der Waals surface area contributed by atoms with Crippen molar-refractivity contribution in [2.75, 3.05) is 13.2 Å². The van der Waals surface area contributed by atoms with Crippen LogP contribution in [0, 0.1) is 11.8 Å². The molecule has 1 aliphatic rings. The number of Topliss-reactive ketones (excluding diaryl/α,β-unsaturated/α-hetero) is 1. The van der Waals surface area contributed by atoms with Gasteiger partial charge in [-0.05, 0) is 25.2 Å². The van der Waals surface area contributed by atoms with Crippen LogP contribution in [0.2, 0.25) is 0 Å². The molecule has 0 aliphatic carbocycles. The van der Waals surface area contributed by atoms with E-state index in [1.54, 1.807) is 13.8 Å². The molecule has 0 spiro atoms. The maximum Gasteiger partial charge on any atom is 0.522 e. The van der Waals surface area contributed by atoms with Crippen molar-refractivity contribution in [1.29, 1.82) is 0 Å². The van der Waals surface area contributed by atoms with E-state index in [1.807, 2.05) is 0 Å². The molecule has 9 nitrogen and oxygen atoms in total. The summed E-state index contributed by atoms with van der Waals surface area (Å²) in [5, 5.41) is 6.63. The van der Waals surface area contributed by atoms with Gasteiger partial charge >= 0.3 is 12.5 Å². The lowest BCUT2D eigenvalue weighted by atomic mass is 9.95. The first-order chi connectivity index (χ1) is 16.6. The molecular formula is C20H24F6N4O5S. The Balaban J connectivity index is 2.17. The molecule has 3 amide bonds. The van der Waals surface area contributed by atoms with Crippen molar-refractivity contribution in [2.45, 2.75) is 57.7 Å². The molecule has 36 heavy (non-hydrogen) atoms. The molecule has 0 bridgehead atoms. The Morgan fingerprint density at radius 1 is 1.17 bits per heavy atom. The number of nitrogens with zero attached hydrogens (tertiary/aromatic N) is 1. The van der Waals surface area contributed by atoms with E-state index < -0.39 is 71.4 Å². The first-order valence-electron chi connectivity index (χ1n) is 10.7. The van der Waals surface area contributed by atoms with E-state index in [-0.39, 0.29) is 43.1 Å². The summed E-state index contributed by atoms with van der Waals surface area (Å²) in [6, 6.07) is -2.90. The SMILES string of the molecule is CC(C)C[C@H](NC(=O)c1csc(C(F)(F)F)n1)C(=O)N[C@@H](CC1CCNC1=O)C(=O)COC(F)(F)F. The van der Waals surface area contributed by atoms with Crippen molar-refractivity contribution >= 4 is 34.8 Å². The van der Waals surface area contributed by atoms with Crippen molar-refractivity contribution in [3.05, 3.63) is 16.1 Å². The van der Waals surface area contributed by atoms with Gasteiger partial charge in [0.1, 0.15) is 18.3 Å². The van der Waals surface area contributed by atoms with E-state index in [2.05, 4.69) is 25.7 Å². The smallest absolute Gasteiger partial charge is 0.356 e. The predicted molar refractivity (Wildman–Crippen MR) is 113 cm³/mol. The van der Waals surface area contributed by atoms with Gasteiger partial charge in [0.05, 0.1) is 6.04 Å². The minimum absolute atomic E-state index is 0.0162. The molecule has 1 aromatic rings. The second kappa shape index (κ2) is 12.0. The molecule has 2 rings (SSSR count). The van der Waals surface area contributed by atoms with Crippen LogP contribution in [0.3, 0.4) is 0 Å². The van der Waals surface area contributed by atoms with Crippen LogP contribution in [0.1, 0.15) is 48.6 Å². The number of ketones is 1. The fourth-order valence-electron chi connectivity index (χ4n) is 3.39. The third-order valence-corrected chi connectivity index (χ3v) is 5.96. The Hall–Kier alpha value is -2.75. The maximum atomic E-state index is 12.9. The minimum atomic E-state index is -5.11. The van der Waals surface area contributed by atoms with E-state index in [1.165, 1.54) is 0 Å². The Bertz CT molecular complexity index is 965. The molecule has 16 heteroatoms. The fraction of sp³-hybridized carbons (Fsp3) is 0.650. The van der Waals surface area contributed by atoms with Crippen LogP contribution in [-0.2, 0) is 25.3 Å². The summed E-state index contributed by atoms with van der Waals surface area (Å²) in [5.74, 6) is -4.60. The van der Waals surface area contributed by atoms with Gasteiger partial charge in [-0.1, -0.05) is 13.8 Å². The number of aromatic nitrogens is 1. The fourth-order valence-corrected chi connectivity index (χ4v) is 4.06. The van der Waals surface area contributed by atoms with Gasteiger partial charge < -0.3 is 16.0 Å². The molecule has 1 aromatic heterocycles. The van der Waals surface area contributed by atoms with Crippen LogP contribution in [-0.4, -0.2) is 60.1 Å². The van der Waals surface area contributed by atoms with Crippen LogP contribution >= 0.6 is 11.3 Å². The van der Waals surface area contributed by atoms with E-state index in [0.717, 1.165) is 5.38 Å². The summed E-state index contributed by atoms with van der Waals surface area (Å²) in [4.78, 5) is 52.9. The average Bonchev–Trinajstić information content (AvgIpc) is 3.39. The quantitative estimate of drug-likeness (QED) is 0.366. The number of amides is 3. The predicted octanol–water partition coefficient (Wildman–Crippen LogP) is 2.42. The maximum absolute atomic E-state index is 12.9. The first kappa shape index (κ1) is 29.5. The number of carbonyl (C=O) groups is 4. The van der Waals surface area contributed by atoms with E-state index in [4.69, 9.17) is 0 Å². The van der Waals surface area contributed by atoms with Gasteiger partial charge in [-0.3, -0.25) is 23.9 Å². The molecule has 1 aliphatic heterocycles. The molecule has 0 radical (unpaired) electrons. The molecule has 0 saturated carbocycles. The lowest BCUT2D eigenvalue weighted by molar-refractivity contribution is -0.321. The molecule has 1 saturated heterocycles. The molecule has 2 heterocycles. The second-order valence-electron chi connectivity index (χ2n) is 8.47. The van der Waals surface area contributed by atoms with Gasteiger partial charge in [0.15, 0.2) is 10.8 Å². The summed E-state index contributed by atoms with van der Waals surface area (Å²) >= 11 is 0.188. The third-order valence-electron chi connectivity index (χ3n) is 5.07. The molecular weight excluding hydrogens is 522 g/mol. The molecule has 1 unspecified atom stereocenters. The van der Waals surface area contributed by atoms with Crippen LogP contribution in [0.5, 0.6) is 0 Å². The Labute approximate surface area is 205 Å². The largest absolute Gasteiger partial charge is 0.522 e. The van der Waals surface area contributed by atoms with Gasteiger partial charge in [-0.15, -0.1) is 24.5 Å². The standard InChI is InChI=1S/C20H24F6N4O5S/c1-9(2)5-12(29-17(34)13-8-36-18(30-13)19(21,22)23)16(33)28-11(6-10-3-4-27-15(10)32)14(31)7-35-20(24,25)26/h8-12H,3-7H2,1-2H3,(H,27,32)(H,28,33)(H,29,34)/t10?,11-,12-/m0/s1. The molecule has 3 atom stereocenters. The number of nitrogens with one attached hydrogen (secondary N) is 3. The van der Waals surface area contributed by atoms with Crippen LogP contribution in [0.25, 0.3) is 0 Å². The number of thiazole rings is 1. The number of halogens is 6. The zero-order valence-corrected chi connectivity index (χ0v) is 19.9. The summed E-state index contributed by atoms with van der Waals surface area (Å²) in [5.41, 5.74) is -0.581. The Morgan fingerprint density at radius 3 is 2.33 bits per heavy atom. The number of hydrogen-bond donors (Lipinski definition) is 3. The Kier molecular flexibility index (Phi) is 9.82. The first-order valence-corrected chi connectivity index (χ1v) is 11.6. The zero-order valence-electron chi connectivity index (χ0n) is 19.1. The van der Waals surface area contributed by atoms with Gasteiger partial charge in [0.2, 0.25) is 11.8 Å². The zero-order chi connectivity index (χ0) is 27.3. The minimum Gasteiger partial charge on any atom is -0.356 e.